The van der Waals surface area contributed by atoms with Crippen molar-refractivity contribution in [3.05, 3.63) is 71.9 Å². The van der Waals surface area contributed by atoms with Crippen molar-refractivity contribution in [2.45, 2.75) is 64.0 Å². The summed E-state index contributed by atoms with van der Waals surface area (Å²) in [7, 11) is 2.21. The lowest BCUT2D eigenvalue weighted by atomic mass is 9.78. The molecule has 9 nitrogen and oxygen atoms in total. The number of piperidine rings is 3. The number of pyridine rings is 1. The van der Waals surface area contributed by atoms with Crippen LogP contribution in [0.15, 0.2) is 60.8 Å². The summed E-state index contributed by atoms with van der Waals surface area (Å²) in [5.41, 5.74) is 3.97. The van der Waals surface area contributed by atoms with E-state index >= 15 is 0 Å². The molecule has 0 aliphatic carbocycles. The van der Waals surface area contributed by atoms with Crippen LogP contribution in [0.3, 0.4) is 0 Å². The molecule has 2 aromatic carbocycles. The average molecular weight is 637 g/mol. The third-order valence-corrected chi connectivity index (χ3v) is 11.4. The number of hydrogen-bond donors (Lipinski definition) is 1. The molecule has 1 N–H and O–H groups in total. The molecule has 248 valence electrons. The molecule has 0 bridgehead atoms. The summed E-state index contributed by atoms with van der Waals surface area (Å²) in [5, 5.41) is 4.07. The van der Waals surface area contributed by atoms with Crippen molar-refractivity contribution < 1.29 is 14.4 Å². The summed E-state index contributed by atoms with van der Waals surface area (Å²) < 4.78 is 0. The van der Waals surface area contributed by atoms with Gasteiger partial charge in [0, 0.05) is 62.5 Å². The first-order chi connectivity index (χ1) is 22.9. The number of benzene rings is 2. The van der Waals surface area contributed by atoms with Crippen molar-refractivity contribution in [1.29, 1.82) is 0 Å². The largest absolute Gasteiger partial charge is 0.343 e. The SMILES string of the molecule is CN1CCC(C2CCN(C(=O)[C@@H](CC(=O)N3CCC(N4Cc5ccccc5NC4=O)CC3)Cc3ccnc4ccccc34)CC2)CC1. The third kappa shape index (κ3) is 7.00. The lowest BCUT2D eigenvalue weighted by Crippen LogP contribution is -2.51. The molecule has 0 radical (unpaired) electrons. The molecule has 9 heteroatoms. The van der Waals surface area contributed by atoms with Crippen LogP contribution in [0.25, 0.3) is 10.9 Å². The van der Waals surface area contributed by atoms with E-state index in [1.807, 2.05) is 63.4 Å². The highest BCUT2D eigenvalue weighted by Gasteiger charge is 2.36. The van der Waals surface area contributed by atoms with E-state index in [4.69, 9.17) is 0 Å². The molecular formula is C38H48N6O3. The van der Waals surface area contributed by atoms with Gasteiger partial charge in [-0.05, 0) is 106 Å². The highest BCUT2D eigenvalue weighted by molar-refractivity contribution is 5.92. The van der Waals surface area contributed by atoms with Gasteiger partial charge in [-0.2, -0.15) is 0 Å². The number of urea groups is 1. The minimum absolute atomic E-state index is 0.0369. The summed E-state index contributed by atoms with van der Waals surface area (Å²) >= 11 is 0. The van der Waals surface area contributed by atoms with Gasteiger partial charge in [-0.25, -0.2) is 4.79 Å². The number of rotatable bonds is 7. The molecule has 0 spiro atoms. The molecule has 4 aliphatic heterocycles. The molecule has 7 rings (SSSR count). The second-order valence-corrected chi connectivity index (χ2v) is 14.2. The predicted octanol–water partition coefficient (Wildman–Crippen LogP) is 5.40. The molecule has 1 aromatic heterocycles. The van der Waals surface area contributed by atoms with Crippen LogP contribution in [0.1, 0.15) is 56.1 Å². The van der Waals surface area contributed by atoms with Gasteiger partial charge in [-0.3, -0.25) is 14.6 Å². The van der Waals surface area contributed by atoms with Gasteiger partial charge in [-0.1, -0.05) is 36.4 Å². The van der Waals surface area contributed by atoms with E-state index in [1.54, 1.807) is 0 Å². The van der Waals surface area contributed by atoms with Crippen LogP contribution in [0.5, 0.6) is 0 Å². The number of carbonyl (C=O) groups is 3. The van der Waals surface area contributed by atoms with Crippen molar-refractivity contribution in [1.82, 2.24) is 24.6 Å². The van der Waals surface area contributed by atoms with Crippen LogP contribution >= 0.6 is 0 Å². The summed E-state index contributed by atoms with van der Waals surface area (Å²) in [4.78, 5) is 53.9. The van der Waals surface area contributed by atoms with Crippen molar-refractivity contribution in [3.63, 3.8) is 0 Å². The van der Waals surface area contributed by atoms with Gasteiger partial charge in [-0.15, -0.1) is 0 Å². The fraction of sp³-hybridized carbons (Fsp3) is 0.526. The molecule has 4 aliphatic rings. The Labute approximate surface area is 278 Å². The monoisotopic (exact) mass is 636 g/mol. The number of amides is 4. The standard InChI is InChI=1S/C38H48N6O3/c1-41-18-11-27(12-19-41)28-13-20-43(21-14-28)37(46)31(24-29-10-17-39-35-9-5-3-7-33(29)35)25-36(45)42-22-15-32(16-23-42)44-26-30-6-2-4-8-34(30)40-38(44)47/h2-10,17,27-28,31-32H,11-16,18-26H2,1H3,(H,40,47)/t31-/m1/s1. The van der Waals surface area contributed by atoms with Crippen LogP contribution in [-0.4, -0.2) is 94.8 Å². The number of hydrogen-bond acceptors (Lipinski definition) is 5. The van der Waals surface area contributed by atoms with Gasteiger partial charge < -0.3 is 24.9 Å². The molecule has 3 aromatic rings. The molecule has 0 saturated carbocycles. The van der Waals surface area contributed by atoms with Crippen LogP contribution in [0.2, 0.25) is 0 Å². The fourth-order valence-corrected chi connectivity index (χ4v) is 8.48. The first-order valence-electron chi connectivity index (χ1n) is 17.7. The van der Waals surface area contributed by atoms with Crippen LogP contribution in [0.4, 0.5) is 10.5 Å². The number of fused-ring (bicyclic) bond motifs is 2. The topological polar surface area (TPSA) is 89.1 Å². The molecule has 47 heavy (non-hydrogen) atoms. The quantitative estimate of drug-likeness (QED) is 0.375. The zero-order chi connectivity index (χ0) is 32.3. The summed E-state index contributed by atoms with van der Waals surface area (Å²) in [6.45, 7) is 5.68. The Morgan fingerprint density at radius 2 is 1.49 bits per heavy atom. The van der Waals surface area contributed by atoms with E-state index in [9.17, 15) is 14.4 Å². The zero-order valence-corrected chi connectivity index (χ0v) is 27.7. The number of anilines is 1. The van der Waals surface area contributed by atoms with E-state index in [0.717, 1.165) is 72.4 Å². The van der Waals surface area contributed by atoms with Crippen LogP contribution in [0, 0.1) is 17.8 Å². The molecule has 4 amide bonds. The summed E-state index contributed by atoms with van der Waals surface area (Å²) in [6.07, 6.45) is 8.63. The van der Waals surface area contributed by atoms with Crippen LogP contribution < -0.4 is 5.32 Å². The van der Waals surface area contributed by atoms with Crippen molar-refractivity contribution >= 4 is 34.4 Å². The Morgan fingerprint density at radius 3 is 2.26 bits per heavy atom. The van der Waals surface area contributed by atoms with E-state index < -0.39 is 5.92 Å². The first kappa shape index (κ1) is 31.6. The van der Waals surface area contributed by atoms with Gasteiger partial charge in [0.05, 0.1) is 11.4 Å². The number of nitrogens with one attached hydrogen (secondary N) is 1. The van der Waals surface area contributed by atoms with Crippen molar-refractivity contribution in [2.24, 2.45) is 17.8 Å². The van der Waals surface area contributed by atoms with E-state index in [1.165, 1.54) is 25.9 Å². The minimum Gasteiger partial charge on any atom is -0.343 e. The number of aromatic nitrogens is 1. The van der Waals surface area contributed by atoms with Crippen molar-refractivity contribution in [2.75, 3.05) is 51.6 Å². The van der Waals surface area contributed by atoms with E-state index in [0.29, 0.717) is 32.0 Å². The fourth-order valence-electron chi connectivity index (χ4n) is 8.48. The van der Waals surface area contributed by atoms with Gasteiger partial charge in [0.15, 0.2) is 0 Å². The second kappa shape index (κ2) is 14.0. The number of likely N-dealkylation sites (tertiary alicyclic amines) is 3. The Kier molecular flexibility index (Phi) is 9.43. The maximum Gasteiger partial charge on any atom is 0.322 e. The lowest BCUT2D eigenvalue weighted by Gasteiger charge is -2.41. The zero-order valence-electron chi connectivity index (χ0n) is 27.7. The van der Waals surface area contributed by atoms with Crippen molar-refractivity contribution in [3.8, 4) is 0 Å². The molecule has 3 fully saturated rings. The Hall–Kier alpha value is -3.98. The molecule has 1 atom stereocenters. The maximum atomic E-state index is 14.3. The number of nitrogens with zero attached hydrogens (tertiary/aromatic N) is 5. The maximum absolute atomic E-state index is 14.3. The van der Waals surface area contributed by atoms with Crippen LogP contribution in [-0.2, 0) is 22.6 Å². The summed E-state index contributed by atoms with van der Waals surface area (Å²) in [6, 6.07) is 18.0. The minimum atomic E-state index is -0.421. The third-order valence-electron chi connectivity index (χ3n) is 11.4. The Morgan fingerprint density at radius 1 is 0.830 bits per heavy atom. The molecule has 0 unspecified atom stereocenters. The first-order valence-corrected chi connectivity index (χ1v) is 17.7. The Balaban J connectivity index is 1.01. The van der Waals surface area contributed by atoms with E-state index in [2.05, 4.69) is 34.4 Å². The normalized spacial score (nSPS) is 21.0. The molecular weight excluding hydrogens is 588 g/mol. The summed E-state index contributed by atoms with van der Waals surface area (Å²) in [5.74, 6) is 1.18. The highest BCUT2D eigenvalue weighted by Crippen LogP contribution is 2.34. The number of para-hydroxylation sites is 2. The molecule has 3 saturated heterocycles. The predicted molar refractivity (Wildman–Crippen MR) is 184 cm³/mol. The average Bonchev–Trinajstić information content (AvgIpc) is 3.11. The van der Waals surface area contributed by atoms with Gasteiger partial charge in [0.25, 0.3) is 0 Å². The van der Waals surface area contributed by atoms with Gasteiger partial charge in [0.1, 0.15) is 0 Å². The lowest BCUT2D eigenvalue weighted by molar-refractivity contribution is -0.143. The highest BCUT2D eigenvalue weighted by atomic mass is 16.2. The van der Waals surface area contributed by atoms with E-state index in [-0.39, 0.29) is 30.3 Å². The Bertz CT molecular complexity index is 1580. The van der Waals surface area contributed by atoms with Gasteiger partial charge >= 0.3 is 6.03 Å². The smallest absolute Gasteiger partial charge is 0.322 e. The number of carbonyl (C=O) groups excluding carboxylic acids is 3. The van der Waals surface area contributed by atoms with Gasteiger partial charge in [0.2, 0.25) is 11.8 Å². The second-order valence-electron chi connectivity index (χ2n) is 14.2. The molecule has 5 heterocycles.